The highest BCUT2D eigenvalue weighted by molar-refractivity contribution is 4.66. The van der Waals surface area contributed by atoms with Crippen LogP contribution in [0.3, 0.4) is 0 Å². The summed E-state index contributed by atoms with van der Waals surface area (Å²) >= 11 is 0. The van der Waals surface area contributed by atoms with Gasteiger partial charge in [0.2, 0.25) is 0 Å². The van der Waals surface area contributed by atoms with E-state index in [4.69, 9.17) is 6.52 Å². The lowest BCUT2D eigenvalue weighted by atomic mass is 10.3. The molecule has 1 fully saturated rings. The summed E-state index contributed by atoms with van der Waals surface area (Å²) in [6, 6.07) is 0. The van der Waals surface area contributed by atoms with Gasteiger partial charge in [-0.15, -0.1) is 0 Å². The topological polar surface area (TPSA) is 35.5 Å². The van der Waals surface area contributed by atoms with Gasteiger partial charge in [-0.3, -0.25) is 0 Å². The van der Waals surface area contributed by atoms with Gasteiger partial charge in [0.1, 0.15) is 1.41 Å². The molecule has 0 spiro atoms. The minimum absolute atomic E-state index is 0.279. The van der Waals surface area contributed by atoms with Crippen molar-refractivity contribution in [3.63, 3.8) is 0 Å². The predicted octanol–water partition coefficient (Wildman–Crippen LogP) is -0.726. The SMILES string of the molecule is [2H]N1CCN(CCCO)CC1. The average molecular weight is 145 g/mol. The third kappa shape index (κ3) is 2.64. The average Bonchev–Trinajstić information content (AvgIpc) is 2.04. The Morgan fingerprint density at radius 3 is 2.80 bits per heavy atom. The Labute approximate surface area is 63.5 Å². The molecule has 0 unspecified atom stereocenters. The molecule has 3 heteroatoms. The minimum atomic E-state index is 0.279. The molecular weight excluding hydrogens is 128 g/mol. The largest absolute Gasteiger partial charge is 0.396 e. The summed E-state index contributed by atoms with van der Waals surface area (Å²) in [5.74, 6) is 0. The van der Waals surface area contributed by atoms with E-state index in [1.165, 1.54) is 0 Å². The third-order valence-electron chi connectivity index (χ3n) is 1.78. The van der Waals surface area contributed by atoms with E-state index in [2.05, 4.69) is 4.90 Å². The van der Waals surface area contributed by atoms with Crippen LogP contribution in [0.5, 0.6) is 0 Å². The molecule has 1 aliphatic rings. The lowest BCUT2D eigenvalue weighted by molar-refractivity contribution is 0.206. The quantitative estimate of drug-likeness (QED) is 0.550. The van der Waals surface area contributed by atoms with E-state index in [1.807, 2.05) is 0 Å². The Morgan fingerprint density at radius 2 is 2.20 bits per heavy atom. The molecule has 0 atom stereocenters. The van der Waals surface area contributed by atoms with Crippen molar-refractivity contribution < 1.29 is 6.52 Å². The smallest absolute Gasteiger partial charge is 0.122 e. The van der Waals surface area contributed by atoms with Gasteiger partial charge >= 0.3 is 0 Å². The van der Waals surface area contributed by atoms with Gasteiger partial charge in [-0.25, -0.2) is 0 Å². The van der Waals surface area contributed by atoms with E-state index >= 15 is 0 Å². The van der Waals surface area contributed by atoms with Crippen LogP contribution in [0.1, 0.15) is 6.42 Å². The van der Waals surface area contributed by atoms with Crippen molar-refractivity contribution in [2.24, 2.45) is 0 Å². The third-order valence-corrected chi connectivity index (χ3v) is 1.78. The number of rotatable bonds is 3. The summed E-state index contributed by atoms with van der Waals surface area (Å²) in [5.41, 5.74) is 0. The van der Waals surface area contributed by atoms with Crippen molar-refractivity contribution in [3.8, 4) is 0 Å². The van der Waals surface area contributed by atoms with Gasteiger partial charge in [0.25, 0.3) is 0 Å². The van der Waals surface area contributed by atoms with E-state index < -0.39 is 0 Å². The van der Waals surface area contributed by atoms with E-state index in [1.54, 1.807) is 5.31 Å². The van der Waals surface area contributed by atoms with E-state index in [9.17, 15) is 0 Å². The highest BCUT2D eigenvalue weighted by atomic mass is 16.3. The van der Waals surface area contributed by atoms with Crippen molar-refractivity contribution in [3.05, 3.63) is 0 Å². The maximum Gasteiger partial charge on any atom is 0.122 e. The maximum absolute atomic E-state index is 8.57. The Bertz CT molecular complexity index is 102. The molecule has 2 N–H and O–H groups in total. The summed E-state index contributed by atoms with van der Waals surface area (Å²) < 4.78 is 7.30. The second-order valence-corrected chi connectivity index (χ2v) is 2.59. The normalized spacial score (nSPS) is 24.7. The summed E-state index contributed by atoms with van der Waals surface area (Å²) in [6.07, 6.45) is 0.859. The molecule has 0 aromatic carbocycles. The number of piperazine rings is 1. The summed E-state index contributed by atoms with van der Waals surface area (Å²) in [7, 11) is 0. The zero-order valence-electron chi connectivity index (χ0n) is 7.29. The Hall–Kier alpha value is -0.120. The monoisotopic (exact) mass is 145 g/mol. The second-order valence-electron chi connectivity index (χ2n) is 2.59. The number of nitrogens with one attached hydrogen (secondary N) is 1. The van der Waals surface area contributed by atoms with Crippen molar-refractivity contribution in [1.29, 1.82) is 0 Å². The molecule has 1 saturated heterocycles. The van der Waals surface area contributed by atoms with Crippen LogP contribution in [0.15, 0.2) is 0 Å². The minimum Gasteiger partial charge on any atom is -0.396 e. The van der Waals surface area contributed by atoms with E-state index in [-0.39, 0.29) is 6.61 Å². The molecule has 10 heavy (non-hydrogen) atoms. The standard InChI is InChI=1S/C7H16N2O/c10-7-1-4-9-5-2-8-3-6-9/h8,10H,1-7H2/i/hD. The second kappa shape index (κ2) is 4.66. The van der Waals surface area contributed by atoms with Crippen LogP contribution in [0.2, 0.25) is 1.41 Å². The fourth-order valence-corrected chi connectivity index (χ4v) is 1.17. The van der Waals surface area contributed by atoms with E-state index in [0.717, 1.165) is 39.1 Å². The molecule has 0 amide bonds. The molecule has 3 nitrogen and oxygen atoms in total. The fourth-order valence-electron chi connectivity index (χ4n) is 1.17. The van der Waals surface area contributed by atoms with Crippen LogP contribution in [-0.4, -0.2) is 49.3 Å². The lowest BCUT2D eigenvalue weighted by Gasteiger charge is -2.26. The summed E-state index contributed by atoms with van der Waals surface area (Å²) in [6.45, 7) is 4.88. The Kier molecular flexibility index (Phi) is 3.07. The zero-order valence-corrected chi connectivity index (χ0v) is 6.29. The maximum atomic E-state index is 8.57. The molecule has 1 heterocycles. The number of aliphatic hydroxyl groups excluding tert-OH is 1. The molecular formula is C7H16N2O. The van der Waals surface area contributed by atoms with Crippen molar-refractivity contribution in [2.45, 2.75) is 6.42 Å². The van der Waals surface area contributed by atoms with Gasteiger partial charge in [-0.1, -0.05) is 0 Å². The number of hydrogen-bond acceptors (Lipinski definition) is 3. The van der Waals surface area contributed by atoms with Gasteiger partial charge < -0.3 is 15.3 Å². The first kappa shape index (κ1) is 6.58. The van der Waals surface area contributed by atoms with Gasteiger partial charge in [0, 0.05) is 39.3 Å². The fraction of sp³-hybridized carbons (Fsp3) is 1.00. The predicted molar refractivity (Wildman–Crippen MR) is 41.0 cm³/mol. The van der Waals surface area contributed by atoms with Crippen molar-refractivity contribution in [2.75, 3.05) is 39.3 Å². The Balaban J connectivity index is 2.07. The molecule has 0 aliphatic carbocycles. The first-order chi connectivity index (χ1) is 5.33. The van der Waals surface area contributed by atoms with Gasteiger partial charge in [-0.05, 0) is 6.42 Å². The molecule has 0 radical (unpaired) electrons. The first-order valence-corrected chi connectivity index (χ1v) is 3.90. The first-order valence-electron chi connectivity index (χ1n) is 4.34. The van der Waals surface area contributed by atoms with Gasteiger partial charge in [0.15, 0.2) is 0 Å². The zero-order chi connectivity index (χ0) is 8.10. The summed E-state index contributed by atoms with van der Waals surface area (Å²) in [4.78, 5) is 2.29. The molecule has 1 aliphatic heterocycles. The molecule has 0 bridgehead atoms. The highest BCUT2D eigenvalue weighted by Crippen LogP contribution is 1.92. The highest BCUT2D eigenvalue weighted by Gasteiger charge is 2.07. The van der Waals surface area contributed by atoms with Crippen LogP contribution in [0.4, 0.5) is 0 Å². The number of aliphatic hydroxyl groups is 1. The van der Waals surface area contributed by atoms with Crippen LogP contribution in [0.25, 0.3) is 0 Å². The molecule has 60 valence electrons. The molecule has 1 rings (SSSR count). The van der Waals surface area contributed by atoms with Crippen LogP contribution >= 0.6 is 0 Å². The lowest BCUT2D eigenvalue weighted by Crippen LogP contribution is -2.43. The Morgan fingerprint density at radius 1 is 1.50 bits per heavy atom. The number of hydrogen-bond donors (Lipinski definition) is 2. The van der Waals surface area contributed by atoms with Crippen LogP contribution in [0, 0.1) is 0 Å². The van der Waals surface area contributed by atoms with E-state index in [0.29, 0.717) is 0 Å². The molecule has 0 aromatic heterocycles. The molecule has 0 aromatic rings. The van der Waals surface area contributed by atoms with Gasteiger partial charge in [-0.2, -0.15) is 0 Å². The van der Waals surface area contributed by atoms with Crippen LogP contribution in [-0.2, 0) is 0 Å². The van der Waals surface area contributed by atoms with Gasteiger partial charge in [0.05, 0.1) is 0 Å². The van der Waals surface area contributed by atoms with Crippen molar-refractivity contribution >= 4 is 0 Å². The summed E-state index contributed by atoms with van der Waals surface area (Å²) in [5, 5.41) is 10.2. The van der Waals surface area contributed by atoms with Crippen molar-refractivity contribution in [1.82, 2.24) is 10.2 Å². The van der Waals surface area contributed by atoms with Crippen LogP contribution < -0.4 is 5.31 Å². The number of nitrogens with zero attached hydrogens (tertiary/aromatic N) is 1. The molecule has 0 saturated carbocycles.